The minimum atomic E-state index is -0.905. The zero-order valence-corrected chi connectivity index (χ0v) is 16.0. The second kappa shape index (κ2) is 8.00. The standard InChI is InChI=1S/C20H17N7O3/c1-27-18-15(6-3-7-22-18)30-11-14(20(27)29)23-19(28)17-24-16(25-26-17)9-12-4-2-5-13(8-12)10-21/h2-8,14H,9,11H2,1H3,(H,23,28)(H,24,25,26)/t14-/m0/s1. The molecule has 1 aromatic carbocycles. The number of ether oxygens (including phenoxy) is 1. The van der Waals surface area contributed by atoms with Crippen LogP contribution in [0, 0.1) is 11.3 Å². The predicted octanol–water partition coefficient (Wildman–Crippen LogP) is 0.816. The molecule has 2 aromatic heterocycles. The summed E-state index contributed by atoms with van der Waals surface area (Å²) in [5.74, 6) is 0.374. The number of carbonyl (C=O) groups excluding carboxylic acids is 2. The summed E-state index contributed by atoms with van der Waals surface area (Å²) in [5, 5.41) is 19.5. The number of fused-ring (bicyclic) bond motifs is 1. The van der Waals surface area contributed by atoms with Crippen molar-refractivity contribution in [3.63, 3.8) is 0 Å². The largest absolute Gasteiger partial charge is 0.487 e. The van der Waals surface area contributed by atoms with Crippen molar-refractivity contribution < 1.29 is 14.3 Å². The van der Waals surface area contributed by atoms with Crippen LogP contribution >= 0.6 is 0 Å². The summed E-state index contributed by atoms with van der Waals surface area (Å²) < 4.78 is 5.63. The zero-order valence-electron chi connectivity index (χ0n) is 16.0. The fourth-order valence-corrected chi connectivity index (χ4v) is 3.08. The van der Waals surface area contributed by atoms with Gasteiger partial charge in [-0.25, -0.2) is 4.98 Å². The average Bonchev–Trinajstić information content (AvgIpc) is 3.20. The molecule has 0 spiro atoms. The van der Waals surface area contributed by atoms with Gasteiger partial charge in [0.15, 0.2) is 11.6 Å². The molecule has 1 aliphatic rings. The molecule has 10 heteroatoms. The van der Waals surface area contributed by atoms with Gasteiger partial charge in [0.1, 0.15) is 18.5 Å². The molecule has 0 aliphatic carbocycles. The molecule has 0 saturated heterocycles. The molecule has 1 aliphatic heterocycles. The predicted molar refractivity (Wildman–Crippen MR) is 105 cm³/mol. The number of H-pyrrole nitrogens is 1. The third-order valence-electron chi connectivity index (χ3n) is 4.58. The molecule has 3 aromatic rings. The molecule has 0 radical (unpaired) electrons. The van der Waals surface area contributed by atoms with E-state index in [0.29, 0.717) is 29.4 Å². The molecular formula is C20H17N7O3. The summed E-state index contributed by atoms with van der Waals surface area (Å²) >= 11 is 0. The summed E-state index contributed by atoms with van der Waals surface area (Å²) in [4.78, 5) is 33.6. The van der Waals surface area contributed by atoms with Gasteiger partial charge in [-0.3, -0.25) is 14.5 Å². The maximum atomic E-state index is 12.7. The molecule has 3 heterocycles. The van der Waals surface area contributed by atoms with Gasteiger partial charge >= 0.3 is 0 Å². The van der Waals surface area contributed by atoms with Gasteiger partial charge in [0.25, 0.3) is 11.8 Å². The van der Waals surface area contributed by atoms with Crippen LogP contribution in [0.25, 0.3) is 0 Å². The molecule has 30 heavy (non-hydrogen) atoms. The lowest BCUT2D eigenvalue weighted by Crippen LogP contribution is -2.49. The van der Waals surface area contributed by atoms with E-state index in [9.17, 15) is 9.59 Å². The normalized spacial score (nSPS) is 15.5. The Morgan fingerprint density at radius 2 is 2.23 bits per heavy atom. The molecule has 0 unspecified atom stereocenters. The van der Waals surface area contributed by atoms with E-state index in [0.717, 1.165) is 5.56 Å². The van der Waals surface area contributed by atoms with Crippen LogP contribution in [0.2, 0.25) is 0 Å². The first-order valence-electron chi connectivity index (χ1n) is 9.12. The molecule has 4 rings (SSSR count). The molecule has 1 atom stereocenters. The van der Waals surface area contributed by atoms with Crippen molar-refractivity contribution in [1.29, 1.82) is 5.26 Å². The minimum Gasteiger partial charge on any atom is -0.487 e. The number of nitriles is 1. The Bertz CT molecular complexity index is 1150. The van der Waals surface area contributed by atoms with Gasteiger partial charge < -0.3 is 15.0 Å². The number of carbonyl (C=O) groups is 2. The maximum absolute atomic E-state index is 12.7. The van der Waals surface area contributed by atoms with Crippen LogP contribution < -0.4 is 15.0 Å². The monoisotopic (exact) mass is 403 g/mol. The lowest BCUT2D eigenvalue weighted by molar-refractivity contribution is -0.120. The number of hydrogen-bond donors (Lipinski definition) is 2. The SMILES string of the molecule is CN1C(=O)[C@@H](NC(=O)c2nnc(Cc3cccc(C#N)c3)[nH]2)COc2cccnc21. The van der Waals surface area contributed by atoms with Gasteiger partial charge in [0.2, 0.25) is 5.82 Å². The van der Waals surface area contributed by atoms with Crippen molar-refractivity contribution in [1.82, 2.24) is 25.5 Å². The van der Waals surface area contributed by atoms with Crippen LogP contribution in [0.15, 0.2) is 42.6 Å². The number of nitrogens with zero attached hydrogens (tertiary/aromatic N) is 5. The van der Waals surface area contributed by atoms with Crippen LogP contribution in [-0.4, -0.2) is 51.7 Å². The third-order valence-corrected chi connectivity index (χ3v) is 4.58. The van der Waals surface area contributed by atoms with Crippen molar-refractivity contribution >= 4 is 17.6 Å². The van der Waals surface area contributed by atoms with Gasteiger partial charge in [-0.05, 0) is 29.8 Å². The Hall–Kier alpha value is -4.26. The van der Waals surface area contributed by atoms with Crippen LogP contribution in [0.4, 0.5) is 5.82 Å². The molecule has 0 bridgehead atoms. The highest BCUT2D eigenvalue weighted by atomic mass is 16.5. The van der Waals surface area contributed by atoms with Crippen LogP contribution in [-0.2, 0) is 11.2 Å². The number of benzene rings is 1. The van der Waals surface area contributed by atoms with E-state index >= 15 is 0 Å². The number of amides is 2. The number of nitrogens with one attached hydrogen (secondary N) is 2. The van der Waals surface area contributed by atoms with E-state index in [1.165, 1.54) is 4.90 Å². The average molecular weight is 403 g/mol. The Morgan fingerprint density at radius 3 is 3.07 bits per heavy atom. The van der Waals surface area contributed by atoms with Gasteiger partial charge in [0.05, 0.1) is 11.6 Å². The molecule has 2 N–H and O–H groups in total. The summed E-state index contributed by atoms with van der Waals surface area (Å²) in [6.07, 6.45) is 1.94. The van der Waals surface area contributed by atoms with Gasteiger partial charge in [-0.15, -0.1) is 10.2 Å². The molecule has 150 valence electrons. The number of pyridine rings is 1. The van der Waals surface area contributed by atoms with Gasteiger partial charge in [-0.2, -0.15) is 5.26 Å². The summed E-state index contributed by atoms with van der Waals surface area (Å²) in [5.41, 5.74) is 1.40. The lowest BCUT2D eigenvalue weighted by Gasteiger charge is -2.19. The van der Waals surface area contributed by atoms with Gasteiger partial charge in [-0.1, -0.05) is 12.1 Å². The fraction of sp³-hybridized carbons (Fsp3) is 0.200. The van der Waals surface area contributed by atoms with Gasteiger partial charge in [0, 0.05) is 19.7 Å². The lowest BCUT2D eigenvalue weighted by atomic mass is 10.1. The van der Waals surface area contributed by atoms with E-state index in [4.69, 9.17) is 10.00 Å². The van der Waals surface area contributed by atoms with Crippen LogP contribution in [0.1, 0.15) is 27.6 Å². The van der Waals surface area contributed by atoms with Crippen molar-refractivity contribution in [3.8, 4) is 11.8 Å². The summed E-state index contributed by atoms with van der Waals surface area (Å²) in [7, 11) is 1.57. The zero-order chi connectivity index (χ0) is 21.1. The topological polar surface area (TPSA) is 137 Å². The first-order chi connectivity index (χ1) is 14.5. The number of rotatable bonds is 4. The van der Waals surface area contributed by atoms with Crippen molar-refractivity contribution in [3.05, 3.63) is 65.4 Å². The van der Waals surface area contributed by atoms with E-state index in [2.05, 4.69) is 31.6 Å². The molecule has 0 saturated carbocycles. The molecule has 0 fully saturated rings. The Morgan fingerprint density at radius 1 is 1.37 bits per heavy atom. The molecular weight excluding hydrogens is 386 g/mol. The van der Waals surface area contributed by atoms with Crippen LogP contribution in [0.5, 0.6) is 5.75 Å². The second-order valence-corrected chi connectivity index (χ2v) is 6.67. The number of anilines is 1. The smallest absolute Gasteiger partial charge is 0.289 e. The first-order valence-corrected chi connectivity index (χ1v) is 9.12. The quantitative estimate of drug-likeness (QED) is 0.658. The Balaban J connectivity index is 1.44. The number of aromatic amines is 1. The molecule has 2 amide bonds. The van der Waals surface area contributed by atoms with E-state index in [1.54, 1.807) is 43.6 Å². The van der Waals surface area contributed by atoms with Crippen molar-refractivity contribution in [2.75, 3.05) is 18.6 Å². The van der Waals surface area contributed by atoms with Crippen molar-refractivity contribution in [2.24, 2.45) is 0 Å². The number of hydrogen-bond acceptors (Lipinski definition) is 7. The van der Waals surface area contributed by atoms with E-state index < -0.39 is 11.9 Å². The Labute approximate surface area is 171 Å². The first kappa shape index (κ1) is 19.1. The third kappa shape index (κ3) is 3.81. The molecule has 10 nitrogen and oxygen atoms in total. The summed E-state index contributed by atoms with van der Waals surface area (Å²) in [6, 6.07) is 11.7. The maximum Gasteiger partial charge on any atom is 0.289 e. The van der Waals surface area contributed by atoms with E-state index in [-0.39, 0.29) is 18.3 Å². The number of likely N-dealkylation sites (N-methyl/N-ethyl adjacent to an activating group) is 1. The highest BCUT2D eigenvalue weighted by molar-refractivity contribution is 6.01. The second-order valence-electron chi connectivity index (χ2n) is 6.67. The van der Waals surface area contributed by atoms with Crippen LogP contribution in [0.3, 0.4) is 0 Å². The Kier molecular flexibility index (Phi) is 5.09. The fourth-order valence-electron chi connectivity index (χ4n) is 3.08. The minimum absolute atomic E-state index is 0.0169. The number of aromatic nitrogens is 4. The van der Waals surface area contributed by atoms with Crippen molar-refractivity contribution in [2.45, 2.75) is 12.5 Å². The highest BCUT2D eigenvalue weighted by Gasteiger charge is 2.32. The van der Waals surface area contributed by atoms with E-state index in [1.807, 2.05) is 6.07 Å². The highest BCUT2D eigenvalue weighted by Crippen LogP contribution is 2.27. The summed E-state index contributed by atoms with van der Waals surface area (Å²) in [6.45, 7) is -0.0322.